The second-order valence-corrected chi connectivity index (χ2v) is 7.20. The van der Waals surface area contributed by atoms with Crippen LogP contribution in [0.3, 0.4) is 0 Å². The smallest absolute Gasteiger partial charge is 0.265 e. The Hall–Kier alpha value is 0.180. The zero-order chi connectivity index (χ0) is 11.1. The zero-order valence-corrected chi connectivity index (χ0v) is 11.6. The van der Waals surface area contributed by atoms with Crippen molar-refractivity contribution in [3.05, 3.63) is 9.90 Å². The van der Waals surface area contributed by atoms with E-state index in [9.17, 15) is 8.42 Å². The fraction of sp³-hybridized carbons (Fsp3) is 0.625. The van der Waals surface area contributed by atoms with Crippen molar-refractivity contribution in [2.75, 3.05) is 0 Å². The number of nitrogens with zero attached hydrogens (tertiary/aromatic N) is 2. The van der Waals surface area contributed by atoms with Crippen molar-refractivity contribution in [1.29, 1.82) is 0 Å². The molecule has 1 aliphatic rings. The summed E-state index contributed by atoms with van der Waals surface area (Å²) in [5.41, 5.74) is 0. The van der Waals surface area contributed by atoms with Gasteiger partial charge in [-0.2, -0.15) is 5.10 Å². The number of aromatic nitrogens is 2. The first-order valence-electron chi connectivity index (χ1n) is 4.68. The van der Waals surface area contributed by atoms with Crippen LogP contribution in [0.5, 0.6) is 0 Å². The standard InChI is InChI=1S/C8H10ClIN2O2S/c9-15(13,14)7-5-12(11-8(7)10)6-3-1-2-4-6/h5-6H,1-4H2. The van der Waals surface area contributed by atoms with Crippen LogP contribution in [0.15, 0.2) is 11.1 Å². The topological polar surface area (TPSA) is 52.0 Å². The number of hydrogen-bond acceptors (Lipinski definition) is 3. The molecule has 0 saturated heterocycles. The summed E-state index contributed by atoms with van der Waals surface area (Å²) in [5.74, 6) is 0. The molecular formula is C8H10ClIN2O2S. The Morgan fingerprint density at radius 3 is 2.53 bits per heavy atom. The first-order chi connectivity index (χ1) is 6.98. The molecule has 0 N–H and O–H groups in total. The van der Waals surface area contributed by atoms with Crippen LogP contribution in [-0.2, 0) is 9.05 Å². The summed E-state index contributed by atoms with van der Waals surface area (Å²) >= 11 is 1.90. The molecule has 1 fully saturated rings. The molecule has 0 radical (unpaired) electrons. The molecule has 15 heavy (non-hydrogen) atoms. The van der Waals surface area contributed by atoms with E-state index >= 15 is 0 Å². The Morgan fingerprint density at radius 2 is 2.07 bits per heavy atom. The molecule has 1 saturated carbocycles. The largest absolute Gasteiger partial charge is 0.267 e. The van der Waals surface area contributed by atoms with E-state index in [4.69, 9.17) is 10.7 Å². The van der Waals surface area contributed by atoms with Crippen LogP contribution in [0.25, 0.3) is 0 Å². The highest BCUT2D eigenvalue weighted by Crippen LogP contribution is 2.31. The molecule has 0 spiro atoms. The van der Waals surface area contributed by atoms with Crippen LogP contribution in [0, 0.1) is 3.70 Å². The Labute approximate surface area is 107 Å². The van der Waals surface area contributed by atoms with Gasteiger partial charge in [0.05, 0.1) is 6.04 Å². The average Bonchev–Trinajstić information content (AvgIpc) is 2.68. The summed E-state index contributed by atoms with van der Waals surface area (Å²) in [5, 5.41) is 4.20. The van der Waals surface area contributed by atoms with Gasteiger partial charge < -0.3 is 0 Å². The lowest BCUT2D eigenvalue weighted by Gasteiger charge is -2.07. The third-order valence-electron chi connectivity index (χ3n) is 2.62. The predicted molar refractivity (Wildman–Crippen MR) is 65.5 cm³/mol. The molecule has 0 amide bonds. The lowest BCUT2D eigenvalue weighted by Crippen LogP contribution is -2.04. The summed E-state index contributed by atoms with van der Waals surface area (Å²) in [7, 11) is 1.64. The van der Waals surface area contributed by atoms with E-state index < -0.39 is 9.05 Å². The molecule has 7 heteroatoms. The van der Waals surface area contributed by atoms with Crippen molar-refractivity contribution in [3.8, 4) is 0 Å². The van der Waals surface area contributed by atoms with Crippen LogP contribution >= 0.6 is 33.3 Å². The van der Waals surface area contributed by atoms with Gasteiger partial charge in [-0.3, -0.25) is 4.68 Å². The SMILES string of the molecule is O=S(=O)(Cl)c1cn(C2CCCC2)nc1I. The summed E-state index contributed by atoms with van der Waals surface area (Å²) < 4.78 is 24.6. The lowest BCUT2D eigenvalue weighted by atomic mass is 10.3. The Bertz CT molecular complexity index is 465. The van der Waals surface area contributed by atoms with Gasteiger partial charge in [-0.1, -0.05) is 12.8 Å². The summed E-state index contributed by atoms with van der Waals surface area (Å²) in [6, 6.07) is 0.339. The molecule has 2 rings (SSSR count). The van der Waals surface area contributed by atoms with Gasteiger partial charge in [-0.15, -0.1) is 0 Å². The van der Waals surface area contributed by atoms with Crippen molar-refractivity contribution in [2.24, 2.45) is 0 Å². The van der Waals surface area contributed by atoms with Crippen molar-refractivity contribution < 1.29 is 8.42 Å². The molecule has 0 aromatic carbocycles. The predicted octanol–water partition coefficient (Wildman–Crippen LogP) is 2.53. The quantitative estimate of drug-likeness (QED) is 0.601. The fourth-order valence-electron chi connectivity index (χ4n) is 1.87. The maximum Gasteiger partial charge on any atom is 0.265 e. The minimum atomic E-state index is -3.66. The van der Waals surface area contributed by atoms with Crippen molar-refractivity contribution in [2.45, 2.75) is 36.6 Å². The van der Waals surface area contributed by atoms with Crippen molar-refractivity contribution in [3.63, 3.8) is 0 Å². The maximum absolute atomic E-state index is 11.2. The van der Waals surface area contributed by atoms with Gasteiger partial charge in [0.15, 0.2) is 0 Å². The summed E-state index contributed by atoms with van der Waals surface area (Å²) in [4.78, 5) is 0.122. The van der Waals surface area contributed by atoms with Crippen LogP contribution in [0.4, 0.5) is 0 Å². The van der Waals surface area contributed by atoms with E-state index in [0.717, 1.165) is 12.8 Å². The normalized spacial score (nSPS) is 18.5. The minimum absolute atomic E-state index is 0.122. The van der Waals surface area contributed by atoms with Gasteiger partial charge in [-0.25, -0.2) is 8.42 Å². The van der Waals surface area contributed by atoms with Gasteiger partial charge in [0.1, 0.15) is 8.60 Å². The Morgan fingerprint density at radius 1 is 1.47 bits per heavy atom. The van der Waals surface area contributed by atoms with Crippen LogP contribution in [0.1, 0.15) is 31.7 Å². The summed E-state index contributed by atoms with van der Waals surface area (Å²) in [6.45, 7) is 0. The van der Waals surface area contributed by atoms with Gasteiger partial charge in [0.25, 0.3) is 9.05 Å². The first kappa shape index (κ1) is 11.7. The number of halogens is 2. The van der Waals surface area contributed by atoms with Crippen LogP contribution in [0.2, 0.25) is 0 Å². The molecular weight excluding hydrogens is 351 g/mol. The highest BCUT2D eigenvalue weighted by Gasteiger charge is 2.23. The molecule has 0 unspecified atom stereocenters. The minimum Gasteiger partial charge on any atom is -0.267 e. The monoisotopic (exact) mass is 360 g/mol. The van der Waals surface area contributed by atoms with Gasteiger partial charge in [0, 0.05) is 16.9 Å². The van der Waals surface area contributed by atoms with Gasteiger partial charge in [-0.05, 0) is 35.4 Å². The van der Waals surface area contributed by atoms with E-state index in [2.05, 4.69) is 5.10 Å². The first-order valence-corrected chi connectivity index (χ1v) is 8.06. The molecule has 4 nitrogen and oxygen atoms in total. The fourth-order valence-corrected chi connectivity index (χ4v) is 4.34. The molecule has 1 aliphatic carbocycles. The second-order valence-electron chi connectivity index (χ2n) is 3.64. The molecule has 0 bridgehead atoms. The zero-order valence-electron chi connectivity index (χ0n) is 7.86. The molecule has 1 aromatic heterocycles. The molecule has 84 valence electrons. The van der Waals surface area contributed by atoms with E-state index in [1.165, 1.54) is 12.8 Å². The lowest BCUT2D eigenvalue weighted by molar-refractivity contribution is 0.464. The van der Waals surface area contributed by atoms with Gasteiger partial charge in [0.2, 0.25) is 0 Å². The highest BCUT2D eigenvalue weighted by atomic mass is 127. The van der Waals surface area contributed by atoms with E-state index in [0.29, 0.717) is 9.74 Å². The third-order valence-corrected chi connectivity index (χ3v) is 5.10. The van der Waals surface area contributed by atoms with Crippen molar-refractivity contribution in [1.82, 2.24) is 9.78 Å². The molecule has 1 aromatic rings. The van der Waals surface area contributed by atoms with Gasteiger partial charge >= 0.3 is 0 Å². The second kappa shape index (κ2) is 4.21. The summed E-state index contributed by atoms with van der Waals surface area (Å²) in [6.07, 6.45) is 6.05. The third kappa shape index (κ3) is 2.47. The molecule has 0 aliphatic heterocycles. The Kier molecular flexibility index (Phi) is 3.27. The van der Waals surface area contributed by atoms with Crippen molar-refractivity contribution >= 4 is 42.3 Å². The van der Waals surface area contributed by atoms with E-state index in [1.807, 2.05) is 22.6 Å². The molecule has 0 atom stereocenters. The van der Waals surface area contributed by atoms with Crippen LogP contribution < -0.4 is 0 Å². The number of rotatable bonds is 2. The number of hydrogen-bond donors (Lipinski definition) is 0. The Balaban J connectivity index is 2.36. The maximum atomic E-state index is 11.2. The highest BCUT2D eigenvalue weighted by molar-refractivity contribution is 14.1. The molecule has 1 heterocycles. The van der Waals surface area contributed by atoms with E-state index in [1.54, 1.807) is 10.9 Å². The van der Waals surface area contributed by atoms with E-state index in [-0.39, 0.29) is 4.90 Å². The average molecular weight is 361 g/mol. The van der Waals surface area contributed by atoms with Crippen LogP contribution in [-0.4, -0.2) is 18.2 Å².